The molecule has 92 valence electrons. The molecule has 1 aromatic rings. The number of hydrogen-bond acceptors (Lipinski definition) is 2. The van der Waals surface area contributed by atoms with Gasteiger partial charge in [0.2, 0.25) is 0 Å². The Bertz CT molecular complexity index is 408. The second-order valence-corrected chi connectivity index (χ2v) is 5.41. The van der Waals surface area contributed by atoms with Gasteiger partial charge in [0, 0.05) is 6.04 Å². The molecule has 3 rings (SSSR count). The maximum atomic E-state index is 10.1. The minimum absolute atomic E-state index is 0.513. The van der Waals surface area contributed by atoms with Gasteiger partial charge in [-0.05, 0) is 74.2 Å². The van der Waals surface area contributed by atoms with Gasteiger partial charge in [0.05, 0.1) is 0 Å². The molecule has 1 heterocycles. The predicted octanol–water partition coefficient (Wildman–Crippen LogP) is 2.57. The number of rotatable bonds is 2. The lowest BCUT2D eigenvalue weighted by atomic mass is 9.85. The largest absolute Gasteiger partial charge is 0.508 e. The Morgan fingerprint density at radius 3 is 2.88 bits per heavy atom. The Morgan fingerprint density at radius 1 is 1.18 bits per heavy atom. The molecule has 0 aromatic heterocycles. The number of aryl methyl sites for hydroxylation is 1. The second kappa shape index (κ2) is 4.69. The molecule has 1 saturated heterocycles. The molecule has 0 spiro atoms. The summed E-state index contributed by atoms with van der Waals surface area (Å²) in [5.41, 5.74) is 4.15. The van der Waals surface area contributed by atoms with E-state index in [1.165, 1.54) is 48.8 Å². The molecule has 17 heavy (non-hydrogen) atoms. The quantitative estimate of drug-likeness (QED) is 0.820. The fraction of sp³-hybridized carbons (Fsp3) is 0.600. The van der Waals surface area contributed by atoms with E-state index in [9.17, 15) is 5.11 Å². The van der Waals surface area contributed by atoms with E-state index in [0.717, 1.165) is 19.4 Å². The average molecular weight is 231 g/mol. The molecule has 1 atom stereocenters. The summed E-state index contributed by atoms with van der Waals surface area (Å²) in [6.45, 7) is 1.14. The van der Waals surface area contributed by atoms with E-state index in [4.69, 9.17) is 0 Å². The first-order chi connectivity index (χ1) is 8.34. The number of aromatic hydroxyl groups is 1. The molecule has 2 N–H and O–H groups in total. The molecule has 0 amide bonds. The van der Waals surface area contributed by atoms with Crippen LogP contribution in [0.25, 0.3) is 0 Å². The van der Waals surface area contributed by atoms with Gasteiger partial charge in [0.15, 0.2) is 0 Å². The van der Waals surface area contributed by atoms with Crippen molar-refractivity contribution in [1.82, 2.24) is 5.32 Å². The van der Waals surface area contributed by atoms with E-state index < -0.39 is 0 Å². The van der Waals surface area contributed by atoms with Crippen molar-refractivity contribution in [1.29, 1.82) is 0 Å². The Labute approximate surface area is 103 Å². The van der Waals surface area contributed by atoms with Crippen molar-refractivity contribution in [2.45, 2.75) is 51.0 Å². The van der Waals surface area contributed by atoms with E-state index in [2.05, 4.69) is 11.4 Å². The number of nitrogens with one attached hydrogen (secondary N) is 1. The van der Waals surface area contributed by atoms with Crippen LogP contribution < -0.4 is 5.32 Å². The first-order valence-electron chi connectivity index (χ1n) is 6.90. The first kappa shape index (κ1) is 11.1. The lowest BCUT2D eigenvalue weighted by Gasteiger charge is -2.22. The van der Waals surface area contributed by atoms with E-state index in [1.54, 1.807) is 0 Å². The third-order valence-electron chi connectivity index (χ3n) is 4.24. The molecule has 1 aromatic carbocycles. The highest BCUT2D eigenvalue weighted by molar-refractivity contribution is 5.46. The van der Waals surface area contributed by atoms with Crippen LogP contribution in [0.2, 0.25) is 0 Å². The zero-order valence-corrected chi connectivity index (χ0v) is 10.3. The third-order valence-corrected chi connectivity index (χ3v) is 4.24. The first-order valence-corrected chi connectivity index (χ1v) is 6.90. The van der Waals surface area contributed by atoms with Crippen molar-refractivity contribution in [3.8, 4) is 5.75 Å². The van der Waals surface area contributed by atoms with Gasteiger partial charge in [-0.25, -0.2) is 0 Å². The molecule has 2 aliphatic rings. The van der Waals surface area contributed by atoms with Gasteiger partial charge in [-0.3, -0.25) is 0 Å². The molecule has 2 heteroatoms. The van der Waals surface area contributed by atoms with Crippen molar-refractivity contribution in [2.75, 3.05) is 6.54 Å². The summed E-state index contributed by atoms with van der Waals surface area (Å²) >= 11 is 0. The van der Waals surface area contributed by atoms with Gasteiger partial charge in [0.1, 0.15) is 5.75 Å². The summed E-state index contributed by atoms with van der Waals surface area (Å²) < 4.78 is 0. The van der Waals surface area contributed by atoms with Gasteiger partial charge in [-0.2, -0.15) is 0 Å². The van der Waals surface area contributed by atoms with Crippen molar-refractivity contribution in [3.63, 3.8) is 0 Å². The normalized spacial score (nSPS) is 23.6. The van der Waals surface area contributed by atoms with E-state index in [1.807, 2.05) is 6.07 Å². The molecule has 1 aliphatic heterocycles. The molecule has 1 unspecified atom stereocenters. The summed E-state index contributed by atoms with van der Waals surface area (Å²) in [4.78, 5) is 0. The molecule has 1 fully saturated rings. The maximum absolute atomic E-state index is 10.1. The van der Waals surface area contributed by atoms with E-state index >= 15 is 0 Å². The number of fused-ring (bicyclic) bond motifs is 1. The third kappa shape index (κ3) is 2.19. The topological polar surface area (TPSA) is 32.3 Å². The smallest absolute Gasteiger partial charge is 0.119 e. The molecular formula is C15H21NO. The van der Waals surface area contributed by atoms with Crippen LogP contribution in [-0.4, -0.2) is 17.7 Å². The van der Waals surface area contributed by atoms with Crippen LogP contribution in [-0.2, 0) is 19.3 Å². The van der Waals surface area contributed by atoms with Gasteiger partial charge in [0.25, 0.3) is 0 Å². The van der Waals surface area contributed by atoms with E-state index in [-0.39, 0.29) is 0 Å². The summed E-state index contributed by atoms with van der Waals surface area (Å²) in [6.07, 6.45) is 8.48. The highest BCUT2D eigenvalue weighted by atomic mass is 16.3. The van der Waals surface area contributed by atoms with Gasteiger partial charge in [-0.15, -0.1) is 0 Å². The Morgan fingerprint density at radius 2 is 2.06 bits per heavy atom. The molecule has 0 saturated carbocycles. The van der Waals surface area contributed by atoms with Gasteiger partial charge < -0.3 is 10.4 Å². The van der Waals surface area contributed by atoms with Crippen molar-refractivity contribution in [2.24, 2.45) is 0 Å². The van der Waals surface area contributed by atoms with Crippen LogP contribution in [0.3, 0.4) is 0 Å². The number of phenols is 1. The SMILES string of the molecule is Oc1ccc2c(c1CC1CCCN1)CCCC2. The zero-order valence-electron chi connectivity index (χ0n) is 10.3. The minimum Gasteiger partial charge on any atom is -0.508 e. The van der Waals surface area contributed by atoms with E-state index in [0.29, 0.717) is 11.8 Å². The monoisotopic (exact) mass is 231 g/mol. The molecule has 1 aliphatic carbocycles. The average Bonchev–Trinajstić information content (AvgIpc) is 2.86. The predicted molar refractivity (Wildman–Crippen MR) is 69.5 cm³/mol. The highest BCUT2D eigenvalue weighted by Crippen LogP contribution is 2.32. The van der Waals surface area contributed by atoms with Crippen LogP contribution in [0.15, 0.2) is 12.1 Å². The van der Waals surface area contributed by atoms with Crippen molar-refractivity contribution in [3.05, 3.63) is 28.8 Å². The Kier molecular flexibility index (Phi) is 3.06. The lowest BCUT2D eigenvalue weighted by Crippen LogP contribution is -2.24. The summed E-state index contributed by atoms with van der Waals surface area (Å²) in [6, 6.07) is 4.60. The van der Waals surface area contributed by atoms with Crippen LogP contribution in [0.4, 0.5) is 0 Å². The van der Waals surface area contributed by atoms with Crippen LogP contribution in [0, 0.1) is 0 Å². The minimum atomic E-state index is 0.513. The zero-order chi connectivity index (χ0) is 11.7. The van der Waals surface area contributed by atoms with Crippen molar-refractivity contribution < 1.29 is 5.11 Å². The summed E-state index contributed by atoms with van der Waals surface area (Å²) in [5.74, 6) is 0.513. The molecule has 0 radical (unpaired) electrons. The van der Waals surface area contributed by atoms with Gasteiger partial charge >= 0.3 is 0 Å². The lowest BCUT2D eigenvalue weighted by molar-refractivity contribution is 0.458. The highest BCUT2D eigenvalue weighted by Gasteiger charge is 2.21. The number of benzene rings is 1. The number of phenolic OH excluding ortho intramolecular Hbond substituents is 1. The molecular weight excluding hydrogens is 210 g/mol. The van der Waals surface area contributed by atoms with Crippen molar-refractivity contribution >= 4 is 0 Å². The van der Waals surface area contributed by atoms with Crippen LogP contribution >= 0.6 is 0 Å². The Balaban J connectivity index is 1.90. The fourth-order valence-corrected chi connectivity index (χ4v) is 3.30. The molecule has 2 nitrogen and oxygen atoms in total. The summed E-state index contributed by atoms with van der Waals surface area (Å²) in [7, 11) is 0. The number of hydrogen-bond donors (Lipinski definition) is 2. The maximum Gasteiger partial charge on any atom is 0.119 e. The second-order valence-electron chi connectivity index (χ2n) is 5.41. The fourth-order valence-electron chi connectivity index (χ4n) is 3.30. The molecule has 0 bridgehead atoms. The van der Waals surface area contributed by atoms with Gasteiger partial charge in [-0.1, -0.05) is 6.07 Å². The summed E-state index contributed by atoms with van der Waals surface area (Å²) in [5, 5.41) is 13.6. The van der Waals surface area contributed by atoms with Crippen LogP contribution in [0.5, 0.6) is 5.75 Å². The standard InChI is InChI=1S/C15H21NO/c17-15-8-7-11-4-1-2-6-13(11)14(15)10-12-5-3-9-16-12/h7-8,12,16-17H,1-6,9-10H2. The Hall–Kier alpha value is -1.02. The van der Waals surface area contributed by atoms with Crippen LogP contribution in [0.1, 0.15) is 42.4 Å².